The molecule has 0 radical (unpaired) electrons. The van der Waals surface area contributed by atoms with E-state index in [9.17, 15) is 4.79 Å². The van der Waals surface area contributed by atoms with Crippen molar-refractivity contribution in [3.63, 3.8) is 0 Å². The molecule has 3 rings (SSSR count). The Hall–Kier alpha value is -0.910. The summed E-state index contributed by atoms with van der Waals surface area (Å²) in [6.45, 7) is 6.06. The molecule has 20 heavy (non-hydrogen) atoms. The minimum Gasteiger partial charge on any atom is -0.337 e. The van der Waals surface area contributed by atoms with E-state index in [2.05, 4.69) is 26.1 Å². The Morgan fingerprint density at radius 1 is 1.20 bits per heavy atom. The first-order chi connectivity index (χ1) is 9.75. The molecule has 0 aliphatic carbocycles. The van der Waals surface area contributed by atoms with Crippen LogP contribution in [0, 0.1) is 0 Å². The Morgan fingerprint density at radius 2 is 1.95 bits per heavy atom. The van der Waals surface area contributed by atoms with Gasteiger partial charge in [0.2, 0.25) is 0 Å². The molecule has 4 nitrogen and oxygen atoms in total. The number of rotatable bonds is 2. The Labute approximate surface area is 128 Å². The zero-order valence-corrected chi connectivity index (χ0v) is 13.1. The quantitative estimate of drug-likeness (QED) is 0.889. The highest BCUT2D eigenvalue weighted by Gasteiger charge is 2.31. The van der Waals surface area contributed by atoms with Gasteiger partial charge < -0.3 is 10.2 Å². The van der Waals surface area contributed by atoms with E-state index in [1.54, 1.807) is 0 Å². The summed E-state index contributed by atoms with van der Waals surface area (Å²) in [6.07, 6.45) is 1.09. The smallest absolute Gasteiger partial charge is 0.255 e. The van der Waals surface area contributed by atoms with E-state index in [4.69, 9.17) is 0 Å². The van der Waals surface area contributed by atoms with Gasteiger partial charge in [-0.05, 0) is 34.5 Å². The maximum atomic E-state index is 12.6. The summed E-state index contributed by atoms with van der Waals surface area (Å²) in [5, 5.41) is 3.38. The topological polar surface area (TPSA) is 35.6 Å². The standard InChI is InChI=1S/C15H20BrN3O/c16-14-4-2-1-3-13(14)15(20)19-8-5-12(11-19)18-9-6-17-7-10-18/h1-4,12,17H,5-11H2. The van der Waals surface area contributed by atoms with Crippen molar-refractivity contribution in [1.82, 2.24) is 15.1 Å². The van der Waals surface area contributed by atoms with E-state index in [-0.39, 0.29) is 5.91 Å². The average Bonchev–Trinajstić information content (AvgIpc) is 2.98. The summed E-state index contributed by atoms with van der Waals surface area (Å²) < 4.78 is 0.885. The zero-order chi connectivity index (χ0) is 13.9. The summed E-state index contributed by atoms with van der Waals surface area (Å²) in [5.41, 5.74) is 0.772. The van der Waals surface area contributed by atoms with Crippen LogP contribution in [0.5, 0.6) is 0 Å². The van der Waals surface area contributed by atoms with E-state index in [1.807, 2.05) is 29.2 Å². The van der Waals surface area contributed by atoms with Crippen molar-refractivity contribution in [1.29, 1.82) is 0 Å². The Kier molecular flexibility index (Phi) is 4.38. The number of hydrogen-bond donors (Lipinski definition) is 1. The predicted octanol–water partition coefficient (Wildman–Crippen LogP) is 1.57. The van der Waals surface area contributed by atoms with Crippen LogP contribution >= 0.6 is 15.9 Å². The van der Waals surface area contributed by atoms with Gasteiger partial charge in [0, 0.05) is 49.8 Å². The number of carbonyl (C=O) groups is 1. The van der Waals surface area contributed by atoms with Gasteiger partial charge >= 0.3 is 0 Å². The van der Waals surface area contributed by atoms with Gasteiger partial charge in [-0.1, -0.05) is 12.1 Å². The summed E-state index contributed by atoms with van der Waals surface area (Å²) >= 11 is 3.47. The third kappa shape index (κ3) is 2.90. The third-order valence-corrected chi connectivity index (χ3v) is 4.91. The lowest BCUT2D eigenvalue weighted by atomic mass is 10.2. The van der Waals surface area contributed by atoms with E-state index in [0.717, 1.165) is 55.7 Å². The normalized spacial score (nSPS) is 24.1. The third-order valence-electron chi connectivity index (χ3n) is 4.22. The monoisotopic (exact) mass is 337 g/mol. The lowest BCUT2D eigenvalue weighted by Crippen LogP contribution is -2.49. The van der Waals surface area contributed by atoms with Crippen molar-refractivity contribution in [2.45, 2.75) is 12.5 Å². The molecule has 108 valence electrons. The number of hydrogen-bond acceptors (Lipinski definition) is 3. The molecule has 1 aromatic rings. The van der Waals surface area contributed by atoms with Crippen LogP contribution in [0.3, 0.4) is 0 Å². The highest BCUT2D eigenvalue weighted by Crippen LogP contribution is 2.22. The highest BCUT2D eigenvalue weighted by molar-refractivity contribution is 9.10. The molecule has 0 bridgehead atoms. The summed E-state index contributed by atoms with van der Waals surface area (Å²) in [5.74, 6) is 0.148. The van der Waals surface area contributed by atoms with Gasteiger partial charge in [-0.2, -0.15) is 0 Å². The van der Waals surface area contributed by atoms with Crippen LogP contribution in [-0.2, 0) is 0 Å². The molecule has 2 fully saturated rings. The number of likely N-dealkylation sites (tertiary alicyclic amines) is 1. The van der Waals surface area contributed by atoms with Gasteiger partial charge in [-0.15, -0.1) is 0 Å². The second kappa shape index (κ2) is 6.24. The van der Waals surface area contributed by atoms with Crippen molar-refractivity contribution >= 4 is 21.8 Å². The molecule has 1 amide bonds. The summed E-state index contributed by atoms with van der Waals surface area (Å²) in [7, 11) is 0. The Balaban J connectivity index is 1.65. The van der Waals surface area contributed by atoms with Gasteiger partial charge in [0.25, 0.3) is 5.91 Å². The number of nitrogens with one attached hydrogen (secondary N) is 1. The van der Waals surface area contributed by atoms with Crippen LogP contribution in [0.4, 0.5) is 0 Å². The summed E-state index contributed by atoms with van der Waals surface area (Å²) in [6, 6.07) is 8.21. The minimum atomic E-state index is 0.148. The lowest BCUT2D eigenvalue weighted by Gasteiger charge is -2.32. The zero-order valence-electron chi connectivity index (χ0n) is 11.5. The van der Waals surface area contributed by atoms with Crippen LogP contribution in [0.2, 0.25) is 0 Å². The second-order valence-corrected chi connectivity index (χ2v) is 6.31. The molecule has 2 heterocycles. The van der Waals surface area contributed by atoms with Crippen molar-refractivity contribution in [2.75, 3.05) is 39.3 Å². The van der Waals surface area contributed by atoms with E-state index in [1.165, 1.54) is 0 Å². The number of carbonyl (C=O) groups excluding carboxylic acids is 1. The molecule has 1 atom stereocenters. The number of benzene rings is 1. The first-order valence-electron chi connectivity index (χ1n) is 7.24. The van der Waals surface area contributed by atoms with E-state index < -0.39 is 0 Å². The van der Waals surface area contributed by atoms with Crippen LogP contribution in [-0.4, -0.2) is 61.0 Å². The molecule has 0 aromatic heterocycles. The van der Waals surface area contributed by atoms with Crippen molar-refractivity contribution < 1.29 is 4.79 Å². The predicted molar refractivity (Wildman–Crippen MR) is 82.9 cm³/mol. The first kappa shape index (κ1) is 14.0. The fraction of sp³-hybridized carbons (Fsp3) is 0.533. The molecular formula is C15H20BrN3O. The Bertz CT molecular complexity index is 488. The molecule has 1 unspecified atom stereocenters. The molecule has 1 N–H and O–H groups in total. The van der Waals surface area contributed by atoms with Crippen LogP contribution in [0.25, 0.3) is 0 Å². The van der Waals surface area contributed by atoms with Gasteiger partial charge in [0.05, 0.1) is 5.56 Å². The maximum Gasteiger partial charge on any atom is 0.255 e. The molecular weight excluding hydrogens is 318 g/mol. The van der Waals surface area contributed by atoms with Gasteiger partial charge in [0.1, 0.15) is 0 Å². The molecule has 1 aromatic carbocycles. The largest absolute Gasteiger partial charge is 0.337 e. The molecule has 0 spiro atoms. The average molecular weight is 338 g/mol. The van der Waals surface area contributed by atoms with Gasteiger partial charge in [-0.25, -0.2) is 0 Å². The maximum absolute atomic E-state index is 12.6. The SMILES string of the molecule is O=C(c1ccccc1Br)N1CCC(N2CCNCC2)C1. The fourth-order valence-electron chi connectivity index (χ4n) is 3.08. The number of nitrogens with zero attached hydrogens (tertiary/aromatic N) is 2. The number of piperazine rings is 1. The molecule has 2 aliphatic heterocycles. The Morgan fingerprint density at radius 3 is 2.70 bits per heavy atom. The van der Waals surface area contributed by atoms with Crippen molar-refractivity contribution in [3.8, 4) is 0 Å². The first-order valence-corrected chi connectivity index (χ1v) is 8.03. The minimum absolute atomic E-state index is 0.148. The fourth-order valence-corrected chi connectivity index (χ4v) is 3.53. The van der Waals surface area contributed by atoms with Crippen LogP contribution in [0.1, 0.15) is 16.8 Å². The summed E-state index contributed by atoms with van der Waals surface area (Å²) in [4.78, 5) is 17.1. The van der Waals surface area contributed by atoms with Crippen LogP contribution in [0.15, 0.2) is 28.7 Å². The number of amides is 1. The van der Waals surface area contributed by atoms with Gasteiger partial charge in [0.15, 0.2) is 0 Å². The lowest BCUT2D eigenvalue weighted by molar-refractivity contribution is 0.0772. The molecule has 0 saturated carbocycles. The van der Waals surface area contributed by atoms with Crippen molar-refractivity contribution in [2.24, 2.45) is 0 Å². The van der Waals surface area contributed by atoms with Crippen molar-refractivity contribution in [3.05, 3.63) is 34.3 Å². The number of halogens is 1. The molecule has 5 heteroatoms. The van der Waals surface area contributed by atoms with E-state index >= 15 is 0 Å². The molecule has 2 saturated heterocycles. The molecule has 2 aliphatic rings. The van der Waals surface area contributed by atoms with Gasteiger partial charge in [-0.3, -0.25) is 9.69 Å². The second-order valence-electron chi connectivity index (χ2n) is 5.46. The van der Waals surface area contributed by atoms with E-state index in [0.29, 0.717) is 6.04 Å². The highest BCUT2D eigenvalue weighted by atomic mass is 79.9. The van der Waals surface area contributed by atoms with Crippen LogP contribution < -0.4 is 5.32 Å².